The van der Waals surface area contributed by atoms with E-state index < -0.39 is 0 Å². The summed E-state index contributed by atoms with van der Waals surface area (Å²) in [5.41, 5.74) is 3.15. The minimum atomic E-state index is 0.615. The first kappa shape index (κ1) is 11.1. The molecule has 0 unspecified atom stereocenters. The van der Waals surface area contributed by atoms with Gasteiger partial charge in [-0.25, -0.2) is 9.97 Å². The van der Waals surface area contributed by atoms with Crippen LogP contribution in [0.2, 0.25) is 0 Å². The van der Waals surface area contributed by atoms with E-state index in [1.54, 1.807) is 6.20 Å². The molecule has 3 nitrogen and oxygen atoms in total. The van der Waals surface area contributed by atoms with Gasteiger partial charge in [0.05, 0.1) is 10.2 Å². The Morgan fingerprint density at radius 3 is 2.44 bits per heavy atom. The molecule has 0 amide bonds. The molecular weight excluding hydrogens is 266 g/mol. The first-order valence-electron chi connectivity index (χ1n) is 4.98. The highest BCUT2D eigenvalue weighted by Gasteiger charge is 2.00. The first-order valence-corrected chi connectivity index (χ1v) is 5.77. The number of rotatable bonds is 2. The highest BCUT2D eigenvalue weighted by Crippen LogP contribution is 2.17. The Bertz CT molecular complexity index is 494. The van der Waals surface area contributed by atoms with E-state index in [0.29, 0.717) is 5.95 Å². The number of nitrogens with one attached hydrogen (secondary N) is 1. The van der Waals surface area contributed by atoms with Crippen molar-refractivity contribution in [1.82, 2.24) is 9.97 Å². The van der Waals surface area contributed by atoms with E-state index in [0.717, 1.165) is 15.9 Å². The Morgan fingerprint density at radius 1 is 1.12 bits per heavy atom. The van der Waals surface area contributed by atoms with E-state index in [-0.39, 0.29) is 0 Å². The van der Waals surface area contributed by atoms with E-state index in [1.807, 2.05) is 31.2 Å². The second-order valence-corrected chi connectivity index (χ2v) is 4.47. The lowest BCUT2D eigenvalue weighted by molar-refractivity contribution is 1.09. The van der Waals surface area contributed by atoms with Crippen molar-refractivity contribution in [2.45, 2.75) is 13.8 Å². The van der Waals surface area contributed by atoms with Gasteiger partial charge in [0.1, 0.15) is 0 Å². The van der Waals surface area contributed by atoms with Gasteiger partial charge in [0.25, 0.3) is 0 Å². The summed E-state index contributed by atoms with van der Waals surface area (Å²) in [6.45, 7) is 4.00. The van der Waals surface area contributed by atoms with Crippen LogP contribution in [0.3, 0.4) is 0 Å². The van der Waals surface area contributed by atoms with Gasteiger partial charge in [-0.3, -0.25) is 0 Å². The van der Waals surface area contributed by atoms with Gasteiger partial charge < -0.3 is 5.32 Å². The summed E-state index contributed by atoms with van der Waals surface area (Å²) < 4.78 is 0.918. The smallest absolute Gasteiger partial charge is 0.227 e. The molecule has 0 spiro atoms. The Morgan fingerprint density at radius 2 is 1.81 bits per heavy atom. The first-order chi connectivity index (χ1) is 7.65. The highest BCUT2D eigenvalue weighted by molar-refractivity contribution is 9.10. The maximum Gasteiger partial charge on any atom is 0.227 e. The molecule has 0 radical (unpaired) electrons. The fourth-order valence-corrected chi connectivity index (χ4v) is 1.47. The Kier molecular flexibility index (Phi) is 3.19. The molecular formula is C12H12BrN3. The average molecular weight is 278 g/mol. The maximum atomic E-state index is 4.32. The number of aryl methyl sites for hydroxylation is 2. The number of hydrogen-bond donors (Lipinski definition) is 1. The third-order valence-corrected chi connectivity index (χ3v) is 3.01. The molecule has 1 N–H and O–H groups in total. The van der Waals surface area contributed by atoms with Crippen molar-refractivity contribution in [2.24, 2.45) is 0 Å². The van der Waals surface area contributed by atoms with Crippen LogP contribution in [0.4, 0.5) is 11.6 Å². The molecule has 1 heterocycles. The van der Waals surface area contributed by atoms with E-state index in [4.69, 9.17) is 0 Å². The molecule has 0 saturated carbocycles. The normalized spacial score (nSPS) is 10.2. The van der Waals surface area contributed by atoms with E-state index in [1.165, 1.54) is 5.56 Å². The summed E-state index contributed by atoms with van der Waals surface area (Å²) >= 11 is 3.37. The minimum absolute atomic E-state index is 0.615. The molecule has 2 aromatic rings. The number of hydrogen-bond acceptors (Lipinski definition) is 3. The number of anilines is 2. The van der Waals surface area contributed by atoms with Crippen LogP contribution in [0.25, 0.3) is 0 Å². The van der Waals surface area contributed by atoms with Gasteiger partial charge in [0.2, 0.25) is 5.95 Å². The van der Waals surface area contributed by atoms with Gasteiger partial charge in [-0.05, 0) is 41.9 Å². The number of halogens is 1. The van der Waals surface area contributed by atoms with Gasteiger partial charge in [-0.2, -0.15) is 0 Å². The standard InChI is InChI=1S/C12H12BrN3/c1-8-3-5-10(6-4-8)16-12-14-7-11(13)9(2)15-12/h3-7H,1-2H3,(H,14,15,16). The fraction of sp³-hybridized carbons (Fsp3) is 0.167. The molecule has 16 heavy (non-hydrogen) atoms. The molecule has 1 aromatic heterocycles. The molecule has 0 atom stereocenters. The summed E-state index contributed by atoms with van der Waals surface area (Å²) in [5.74, 6) is 0.615. The molecule has 1 aromatic carbocycles. The predicted octanol–water partition coefficient (Wildman–Crippen LogP) is 3.60. The van der Waals surface area contributed by atoms with Crippen molar-refractivity contribution in [3.05, 3.63) is 46.2 Å². The maximum absolute atomic E-state index is 4.32. The van der Waals surface area contributed by atoms with Crippen LogP contribution < -0.4 is 5.32 Å². The molecule has 4 heteroatoms. The zero-order valence-corrected chi connectivity index (χ0v) is 10.7. The SMILES string of the molecule is Cc1ccc(Nc2ncc(Br)c(C)n2)cc1. The summed E-state index contributed by atoms with van der Waals surface area (Å²) in [4.78, 5) is 8.51. The van der Waals surface area contributed by atoms with Crippen LogP contribution in [0, 0.1) is 13.8 Å². The van der Waals surface area contributed by atoms with Crippen LogP contribution in [-0.4, -0.2) is 9.97 Å². The average Bonchev–Trinajstić information content (AvgIpc) is 2.27. The van der Waals surface area contributed by atoms with Gasteiger partial charge in [-0.1, -0.05) is 17.7 Å². The lowest BCUT2D eigenvalue weighted by Crippen LogP contribution is -1.98. The Hall–Kier alpha value is -1.42. The second-order valence-electron chi connectivity index (χ2n) is 3.62. The number of aromatic nitrogens is 2. The lowest BCUT2D eigenvalue weighted by atomic mass is 10.2. The van der Waals surface area contributed by atoms with Gasteiger partial charge in [0, 0.05) is 11.9 Å². The third-order valence-electron chi connectivity index (χ3n) is 2.23. The Balaban J connectivity index is 2.20. The largest absolute Gasteiger partial charge is 0.324 e. The van der Waals surface area contributed by atoms with Gasteiger partial charge >= 0.3 is 0 Å². The predicted molar refractivity (Wildman–Crippen MR) is 68.9 cm³/mol. The lowest BCUT2D eigenvalue weighted by Gasteiger charge is -2.06. The molecule has 0 aliphatic rings. The topological polar surface area (TPSA) is 37.8 Å². The van der Waals surface area contributed by atoms with Crippen molar-refractivity contribution in [3.8, 4) is 0 Å². The Labute approximate surface area is 103 Å². The van der Waals surface area contributed by atoms with Gasteiger partial charge in [-0.15, -0.1) is 0 Å². The highest BCUT2D eigenvalue weighted by atomic mass is 79.9. The van der Waals surface area contributed by atoms with Crippen molar-refractivity contribution >= 4 is 27.6 Å². The van der Waals surface area contributed by atoms with Gasteiger partial charge in [0.15, 0.2) is 0 Å². The van der Waals surface area contributed by atoms with Crippen LogP contribution >= 0.6 is 15.9 Å². The molecule has 0 aliphatic heterocycles. The fourth-order valence-electron chi connectivity index (χ4n) is 1.28. The minimum Gasteiger partial charge on any atom is -0.324 e. The van der Waals surface area contributed by atoms with Crippen LogP contribution in [-0.2, 0) is 0 Å². The molecule has 0 aliphatic carbocycles. The molecule has 82 valence electrons. The summed E-state index contributed by atoms with van der Waals surface area (Å²) in [7, 11) is 0. The summed E-state index contributed by atoms with van der Waals surface area (Å²) in [5, 5.41) is 3.16. The zero-order chi connectivity index (χ0) is 11.5. The second kappa shape index (κ2) is 4.61. The van der Waals surface area contributed by atoms with E-state index in [9.17, 15) is 0 Å². The number of nitrogens with zero attached hydrogens (tertiary/aromatic N) is 2. The van der Waals surface area contributed by atoms with Crippen molar-refractivity contribution in [3.63, 3.8) is 0 Å². The molecule has 0 fully saturated rings. The van der Waals surface area contributed by atoms with Crippen LogP contribution in [0.15, 0.2) is 34.9 Å². The van der Waals surface area contributed by atoms with Crippen molar-refractivity contribution in [1.29, 1.82) is 0 Å². The van der Waals surface area contributed by atoms with Crippen LogP contribution in [0.1, 0.15) is 11.3 Å². The summed E-state index contributed by atoms with van der Waals surface area (Å²) in [6, 6.07) is 8.12. The third kappa shape index (κ3) is 2.58. The molecule has 0 saturated heterocycles. The van der Waals surface area contributed by atoms with Crippen LogP contribution in [0.5, 0.6) is 0 Å². The zero-order valence-electron chi connectivity index (χ0n) is 9.16. The van der Waals surface area contributed by atoms with E-state index >= 15 is 0 Å². The quantitative estimate of drug-likeness (QED) is 0.912. The summed E-state index contributed by atoms with van der Waals surface area (Å²) in [6.07, 6.45) is 1.75. The van der Waals surface area contributed by atoms with Crippen molar-refractivity contribution in [2.75, 3.05) is 5.32 Å². The molecule has 0 bridgehead atoms. The molecule has 2 rings (SSSR count). The van der Waals surface area contributed by atoms with Crippen molar-refractivity contribution < 1.29 is 0 Å². The number of benzene rings is 1. The monoisotopic (exact) mass is 277 g/mol. The van der Waals surface area contributed by atoms with E-state index in [2.05, 4.69) is 38.1 Å².